The lowest BCUT2D eigenvalue weighted by atomic mass is 10.1. The van der Waals surface area contributed by atoms with Gasteiger partial charge in [-0.1, -0.05) is 25.0 Å². The molecule has 0 aromatic heterocycles. The summed E-state index contributed by atoms with van der Waals surface area (Å²) >= 11 is 0. The molecule has 0 bridgehead atoms. The summed E-state index contributed by atoms with van der Waals surface area (Å²) in [5.74, 6) is -0.370. The predicted molar refractivity (Wildman–Crippen MR) is 130 cm³/mol. The van der Waals surface area contributed by atoms with E-state index >= 15 is 0 Å². The van der Waals surface area contributed by atoms with Crippen LogP contribution < -0.4 is 4.90 Å². The van der Waals surface area contributed by atoms with E-state index in [1.807, 2.05) is 11.0 Å². The smallest absolute Gasteiger partial charge is 0.293 e. The Morgan fingerprint density at radius 3 is 2.23 bits per heavy atom. The predicted octanol–water partition coefficient (Wildman–Crippen LogP) is 2.99. The van der Waals surface area contributed by atoms with Crippen LogP contribution in [0.2, 0.25) is 0 Å². The molecule has 0 saturated carbocycles. The van der Waals surface area contributed by atoms with E-state index in [2.05, 4.69) is 0 Å². The van der Waals surface area contributed by atoms with E-state index in [0.29, 0.717) is 5.69 Å². The molecule has 4 rings (SSSR count). The molecule has 2 aromatic rings. The maximum Gasteiger partial charge on any atom is 0.293 e. The molecule has 2 aromatic carbocycles. The number of nitriles is 1. The number of anilines is 1. The molecule has 2 saturated heterocycles. The minimum absolute atomic E-state index is 0.0537. The lowest BCUT2D eigenvalue weighted by Gasteiger charge is -2.34. The van der Waals surface area contributed by atoms with Crippen LogP contribution in [0, 0.1) is 21.4 Å². The Balaban J connectivity index is 1.49. The van der Waals surface area contributed by atoms with Gasteiger partial charge >= 0.3 is 0 Å². The Labute approximate surface area is 204 Å². The summed E-state index contributed by atoms with van der Waals surface area (Å²) in [7, 11) is -3.88. The molecule has 11 heteroatoms. The van der Waals surface area contributed by atoms with Gasteiger partial charge in [-0.2, -0.15) is 9.57 Å². The van der Waals surface area contributed by atoms with Gasteiger partial charge in [0.05, 0.1) is 15.4 Å². The van der Waals surface area contributed by atoms with Crippen LogP contribution in [-0.2, 0) is 10.0 Å². The topological polar surface area (TPSA) is 128 Å². The number of hydrogen-bond acceptors (Lipinski definition) is 7. The van der Waals surface area contributed by atoms with Crippen molar-refractivity contribution in [3.63, 3.8) is 0 Å². The molecule has 10 nitrogen and oxygen atoms in total. The number of carbonyl (C=O) groups is 1. The first kappa shape index (κ1) is 24.6. The van der Waals surface area contributed by atoms with Crippen LogP contribution in [0.4, 0.5) is 11.4 Å². The van der Waals surface area contributed by atoms with Crippen LogP contribution in [0.25, 0.3) is 0 Å². The van der Waals surface area contributed by atoms with Gasteiger partial charge in [0.25, 0.3) is 11.6 Å². The average Bonchev–Trinajstić information content (AvgIpc) is 3.17. The van der Waals surface area contributed by atoms with Gasteiger partial charge in [0.1, 0.15) is 11.8 Å². The number of rotatable bonds is 5. The van der Waals surface area contributed by atoms with E-state index in [9.17, 15) is 28.6 Å². The fraction of sp³-hybridized carbons (Fsp3) is 0.417. The summed E-state index contributed by atoms with van der Waals surface area (Å²) in [5, 5.41) is 21.1. The number of nitrogens with zero attached hydrogens (tertiary/aromatic N) is 5. The highest BCUT2D eigenvalue weighted by atomic mass is 32.2. The molecule has 0 aliphatic carbocycles. The zero-order chi connectivity index (χ0) is 25.0. The normalized spacial score (nSPS) is 17.5. The summed E-state index contributed by atoms with van der Waals surface area (Å²) in [5.41, 5.74) is 0.719. The Morgan fingerprint density at radius 2 is 1.60 bits per heavy atom. The highest BCUT2D eigenvalue weighted by Crippen LogP contribution is 2.31. The zero-order valence-corrected chi connectivity index (χ0v) is 20.1. The standard InChI is InChI=1S/C24H27N5O5S/c25-18-20-7-3-4-8-23(20)35(33,34)28-15-13-27(14-16-28)24(30)19-9-10-21(22(17-19)29(31)32)26-11-5-1-2-6-12-26/h3-4,7-10,17H,1-2,5-6,11-16H2. The monoisotopic (exact) mass is 497 g/mol. The van der Waals surface area contributed by atoms with Crippen LogP contribution in [0.3, 0.4) is 0 Å². The van der Waals surface area contributed by atoms with Crippen LogP contribution in [0.1, 0.15) is 41.6 Å². The number of benzene rings is 2. The molecular weight excluding hydrogens is 470 g/mol. The molecule has 2 aliphatic rings. The molecule has 184 valence electrons. The number of carbonyl (C=O) groups excluding carboxylic acids is 1. The van der Waals surface area contributed by atoms with Crippen molar-refractivity contribution in [2.75, 3.05) is 44.2 Å². The van der Waals surface area contributed by atoms with Gasteiger partial charge in [-0.25, -0.2) is 8.42 Å². The third kappa shape index (κ3) is 5.13. The Hall–Kier alpha value is -3.49. The molecular formula is C24H27N5O5S. The first-order chi connectivity index (χ1) is 16.8. The SMILES string of the molecule is N#Cc1ccccc1S(=O)(=O)N1CCN(C(=O)c2ccc(N3CCCCCC3)c([N+](=O)[O-])c2)CC1. The molecule has 2 aliphatic heterocycles. The summed E-state index contributed by atoms with van der Waals surface area (Å²) in [6, 6.07) is 12.5. The second-order valence-corrected chi connectivity index (χ2v) is 10.6. The third-order valence-corrected chi connectivity index (χ3v) is 8.47. The second-order valence-electron chi connectivity index (χ2n) is 8.67. The lowest BCUT2D eigenvalue weighted by molar-refractivity contribution is -0.384. The van der Waals surface area contributed by atoms with Crippen molar-refractivity contribution in [2.45, 2.75) is 30.6 Å². The van der Waals surface area contributed by atoms with Crippen molar-refractivity contribution in [3.8, 4) is 6.07 Å². The van der Waals surface area contributed by atoms with Crippen LogP contribution in [-0.4, -0.2) is 67.7 Å². The second kappa shape index (κ2) is 10.4. The number of piperazine rings is 1. The third-order valence-electron chi connectivity index (χ3n) is 6.52. The van der Waals surface area contributed by atoms with Crippen molar-refractivity contribution in [1.82, 2.24) is 9.21 Å². The van der Waals surface area contributed by atoms with Crippen molar-refractivity contribution in [3.05, 3.63) is 63.7 Å². The first-order valence-electron chi connectivity index (χ1n) is 11.6. The molecule has 2 fully saturated rings. The zero-order valence-electron chi connectivity index (χ0n) is 19.3. The van der Waals surface area contributed by atoms with Gasteiger partial charge in [-0.15, -0.1) is 0 Å². The molecule has 2 heterocycles. The van der Waals surface area contributed by atoms with Gasteiger partial charge in [-0.3, -0.25) is 14.9 Å². The number of hydrogen-bond donors (Lipinski definition) is 0. The van der Waals surface area contributed by atoms with E-state index in [1.54, 1.807) is 24.3 Å². The lowest BCUT2D eigenvalue weighted by Crippen LogP contribution is -2.50. The maximum absolute atomic E-state index is 13.1. The number of nitro benzene ring substituents is 1. The van der Waals surface area contributed by atoms with Crippen molar-refractivity contribution in [2.24, 2.45) is 0 Å². The Kier molecular flexibility index (Phi) is 7.33. The van der Waals surface area contributed by atoms with Crippen LogP contribution in [0.5, 0.6) is 0 Å². The fourth-order valence-corrected chi connectivity index (χ4v) is 6.18. The number of nitro groups is 1. The van der Waals surface area contributed by atoms with Crippen LogP contribution >= 0.6 is 0 Å². The molecule has 35 heavy (non-hydrogen) atoms. The van der Waals surface area contributed by atoms with E-state index < -0.39 is 14.9 Å². The summed E-state index contributed by atoms with van der Waals surface area (Å²) < 4.78 is 27.3. The fourth-order valence-electron chi connectivity index (χ4n) is 4.62. The van der Waals surface area contributed by atoms with E-state index in [1.165, 1.54) is 27.4 Å². The van der Waals surface area contributed by atoms with E-state index in [0.717, 1.165) is 38.8 Å². The summed E-state index contributed by atoms with van der Waals surface area (Å²) in [4.78, 5) is 27.9. The molecule has 1 amide bonds. The molecule has 0 atom stereocenters. The van der Waals surface area contributed by atoms with Crippen molar-refractivity contribution in [1.29, 1.82) is 5.26 Å². The minimum atomic E-state index is -3.88. The quantitative estimate of drug-likeness (QED) is 0.459. The Morgan fingerprint density at radius 1 is 0.943 bits per heavy atom. The highest BCUT2D eigenvalue weighted by Gasteiger charge is 2.32. The maximum atomic E-state index is 13.1. The van der Waals surface area contributed by atoms with Crippen LogP contribution in [0.15, 0.2) is 47.4 Å². The number of sulfonamides is 1. The van der Waals surface area contributed by atoms with E-state index in [4.69, 9.17) is 0 Å². The molecule has 0 N–H and O–H groups in total. The van der Waals surface area contributed by atoms with E-state index in [-0.39, 0.29) is 53.8 Å². The highest BCUT2D eigenvalue weighted by molar-refractivity contribution is 7.89. The summed E-state index contributed by atoms with van der Waals surface area (Å²) in [6.07, 6.45) is 4.16. The first-order valence-corrected chi connectivity index (χ1v) is 13.1. The largest absolute Gasteiger partial charge is 0.366 e. The Bertz CT molecular complexity index is 1260. The van der Waals surface area contributed by atoms with Gasteiger partial charge in [-0.05, 0) is 37.1 Å². The van der Waals surface area contributed by atoms with Crippen molar-refractivity contribution >= 4 is 27.3 Å². The molecule has 0 unspecified atom stereocenters. The average molecular weight is 498 g/mol. The minimum Gasteiger partial charge on any atom is -0.366 e. The molecule has 0 spiro atoms. The van der Waals surface area contributed by atoms with Crippen molar-refractivity contribution < 1.29 is 18.1 Å². The van der Waals surface area contributed by atoms with Gasteiger partial charge in [0.2, 0.25) is 10.0 Å². The van der Waals surface area contributed by atoms with Gasteiger partial charge in [0, 0.05) is 50.9 Å². The molecule has 0 radical (unpaired) electrons. The summed E-state index contributed by atoms with van der Waals surface area (Å²) in [6.45, 7) is 1.94. The van der Waals surface area contributed by atoms with Gasteiger partial charge < -0.3 is 9.80 Å². The van der Waals surface area contributed by atoms with Gasteiger partial charge in [0.15, 0.2) is 0 Å². The number of amides is 1.